The lowest BCUT2D eigenvalue weighted by Crippen LogP contribution is -2.31. The van der Waals surface area contributed by atoms with Gasteiger partial charge in [0.2, 0.25) is 0 Å². The van der Waals surface area contributed by atoms with E-state index in [1.807, 2.05) is 0 Å². The van der Waals surface area contributed by atoms with Crippen LogP contribution in [0.2, 0.25) is 0 Å². The number of nitrogens with one attached hydrogen (secondary N) is 1. The summed E-state index contributed by atoms with van der Waals surface area (Å²) in [4.78, 5) is 24.2. The molecule has 1 fully saturated rings. The molecule has 2 rings (SSSR count). The molecule has 1 aromatic rings. The molecule has 0 aliphatic carbocycles. The van der Waals surface area contributed by atoms with E-state index in [1.54, 1.807) is 0 Å². The lowest BCUT2D eigenvalue weighted by atomic mass is 10.2. The lowest BCUT2D eigenvalue weighted by Gasteiger charge is -2.13. The number of nitrogens with zero attached hydrogens (tertiary/aromatic N) is 1. The SMILES string of the molecule is O=c1ccn([C@H]2C[C@@H](F)[C@H](CO)O2)c(=O)[nH]1. The first-order valence-corrected chi connectivity index (χ1v) is 4.83. The van der Waals surface area contributed by atoms with E-state index in [1.165, 1.54) is 6.20 Å². The molecule has 0 amide bonds. The van der Waals surface area contributed by atoms with E-state index >= 15 is 0 Å². The number of aliphatic hydroxyl groups excluding tert-OH is 1. The zero-order chi connectivity index (χ0) is 11.7. The number of aromatic nitrogens is 2. The molecule has 1 aromatic heterocycles. The first-order chi connectivity index (χ1) is 7.61. The van der Waals surface area contributed by atoms with Crippen LogP contribution in [-0.4, -0.2) is 33.5 Å². The van der Waals surface area contributed by atoms with Crippen LogP contribution in [0.5, 0.6) is 0 Å². The summed E-state index contributed by atoms with van der Waals surface area (Å²) in [7, 11) is 0. The molecular weight excluding hydrogens is 219 g/mol. The van der Waals surface area contributed by atoms with Gasteiger partial charge >= 0.3 is 5.69 Å². The normalized spacial score (nSPS) is 29.5. The second kappa shape index (κ2) is 4.18. The maximum atomic E-state index is 13.3. The summed E-state index contributed by atoms with van der Waals surface area (Å²) in [6, 6.07) is 1.16. The van der Waals surface area contributed by atoms with Crippen molar-refractivity contribution in [2.45, 2.75) is 24.9 Å². The van der Waals surface area contributed by atoms with Crippen LogP contribution in [0.15, 0.2) is 21.9 Å². The highest BCUT2D eigenvalue weighted by Crippen LogP contribution is 2.29. The van der Waals surface area contributed by atoms with Crippen LogP contribution in [0.4, 0.5) is 4.39 Å². The zero-order valence-corrected chi connectivity index (χ0v) is 8.30. The Labute approximate surface area is 89.3 Å². The number of hydrogen-bond donors (Lipinski definition) is 2. The second-order valence-corrected chi connectivity index (χ2v) is 3.58. The molecule has 2 heterocycles. The van der Waals surface area contributed by atoms with Gasteiger partial charge in [-0.2, -0.15) is 0 Å². The third-order valence-corrected chi connectivity index (χ3v) is 2.50. The van der Waals surface area contributed by atoms with Crippen molar-refractivity contribution in [3.05, 3.63) is 33.1 Å². The lowest BCUT2D eigenvalue weighted by molar-refractivity contribution is -0.0356. The maximum Gasteiger partial charge on any atom is 0.330 e. The third-order valence-electron chi connectivity index (χ3n) is 2.50. The molecule has 2 N–H and O–H groups in total. The van der Waals surface area contributed by atoms with E-state index in [0.717, 1.165) is 10.6 Å². The van der Waals surface area contributed by atoms with Crippen molar-refractivity contribution >= 4 is 0 Å². The molecule has 1 saturated heterocycles. The van der Waals surface area contributed by atoms with Crippen LogP contribution in [0.3, 0.4) is 0 Å². The Balaban J connectivity index is 2.27. The Morgan fingerprint density at radius 2 is 2.38 bits per heavy atom. The standard InChI is InChI=1S/C9H11FN2O4/c10-5-3-8(16-6(5)4-13)12-2-1-7(14)11-9(12)15/h1-2,5-6,8,13H,3-4H2,(H,11,14,15)/t5-,6+,8-/m1/s1. The molecule has 0 bridgehead atoms. The summed E-state index contributed by atoms with van der Waals surface area (Å²) >= 11 is 0. The smallest absolute Gasteiger partial charge is 0.330 e. The second-order valence-electron chi connectivity index (χ2n) is 3.58. The van der Waals surface area contributed by atoms with E-state index in [4.69, 9.17) is 9.84 Å². The molecule has 0 saturated carbocycles. The fraction of sp³-hybridized carbons (Fsp3) is 0.556. The summed E-state index contributed by atoms with van der Waals surface area (Å²) in [6.07, 6.45) is -1.77. The molecule has 88 valence electrons. The first-order valence-electron chi connectivity index (χ1n) is 4.83. The number of alkyl halides is 1. The van der Waals surface area contributed by atoms with Crippen molar-refractivity contribution in [1.29, 1.82) is 0 Å². The van der Waals surface area contributed by atoms with Crippen LogP contribution in [-0.2, 0) is 4.74 Å². The highest BCUT2D eigenvalue weighted by Gasteiger charge is 2.36. The molecule has 0 aromatic carbocycles. The van der Waals surface area contributed by atoms with E-state index in [0.29, 0.717) is 0 Å². The molecule has 7 heteroatoms. The average Bonchev–Trinajstić information content (AvgIpc) is 2.59. The molecule has 6 nitrogen and oxygen atoms in total. The number of ether oxygens (including phenoxy) is 1. The molecule has 16 heavy (non-hydrogen) atoms. The number of hydrogen-bond acceptors (Lipinski definition) is 4. The topological polar surface area (TPSA) is 84.3 Å². The van der Waals surface area contributed by atoms with E-state index in [-0.39, 0.29) is 6.42 Å². The molecular formula is C9H11FN2O4. The Morgan fingerprint density at radius 3 is 2.94 bits per heavy atom. The highest BCUT2D eigenvalue weighted by atomic mass is 19.1. The quantitative estimate of drug-likeness (QED) is 0.693. The van der Waals surface area contributed by atoms with E-state index in [9.17, 15) is 14.0 Å². The van der Waals surface area contributed by atoms with Crippen LogP contribution in [0.25, 0.3) is 0 Å². The number of rotatable bonds is 2. The van der Waals surface area contributed by atoms with Gasteiger partial charge in [0.15, 0.2) is 0 Å². The Bertz CT molecular complexity index is 483. The summed E-state index contributed by atoms with van der Waals surface area (Å²) in [6.45, 7) is -0.435. The van der Waals surface area contributed by atoms with Gasteiger partial charge in [-0.3, -0.25) is 14.3 Å². The van der Waals surface area contributed by atoms with Gasteiger partial charge in [0, 0.05) is 18.7 Å². The summed E-state index contributed by atoms with van der Waals surface area (Å²) in [5.41, 5.74) is -1.17. The van der Waals surface area contributed by atoms with Crippen molar-refractivity contribution in [1.82, 2.24) is 9.55 Å². The first kappa shape index (κ1) is 11.0. The van der Waals surface area contributed by atoms with Crippen LogP contribution < -0.4 is 11.2 Å². The van der Waals surface area contributed by atoms with Gasteiger partial charge in [0.1, 0.15) is 18.5 Å². The third kappa shape index (κ3) is 1.91. The van der Waals surface area contributed by atoms with Crippen molar-refractivity contribution in [2.24, 2.45) is 0 Å². The number of aliphatic hydroxyl groups is 1. The predicted octanol–water partition coefficient (Wildman–Crippen LogP) is -0.845. The van der Waals surface area contributed by atoms with Crippen molar-refractivity contribution in [3.63, 3.8) is 0 Å². The van der Waals surface area contributed by atoms with Crippen LogP contribution in [0, 0.1) is 0 Å². The largest absolute Gasteiger partial charge is 0.394 e. The fourth-order valence-corrected chi connectivity index (χ4v) is 1.68. The summed E-state index contributed by atoms with van der Waals surface area (Å²) in [5.74, 6) is 0. The number of H-pyrrole nitrogens is 1. The molecule has 3 atom stereocenters. The molecule has 1 aliphatic heterocycles. The van der Waals surface area contributed by atoms with Crippen LogP contribution in [0.1, 0.15) is 12.6 Å². The zero-order valence-electron chi connectivity index (χ0n) is 8.30. The molecule has 0 unspecified atom stereocenters. The number of halogens is 1. The molecule has 1 aliphatic rings. The Kier molecular flexibility index (Phi) is 2.88. The van der Waals surface area contributed by atoms with Gasteiger partial charge in [-0.1, -0.05) is 0 Å². The van der Waals surface area contributed by atoms with Crippen molar-refractivity contribution < 1.29 is 14.2 Å². The highest BCUT2D eigenvalue weighted by molar-refractivity contribution is 4.88. The summed E-state index contributed by atoms with van der Waals surface area (Å²) in [5, 5.41) is 8.80. The van der Waals surface area contributed by atoms with Gasteiger partial charge in [-0.15, -0.1) is 0 Å². The maximum absolute atomic E-state index is 13.3. The monoisotopic (exact) mass is 230 g/mol. The Hall–Kier alpha value is -1.47. The van der Waals surface area contributed by atoms with Gasteiger partial charge < -0.3 is 9.84 Å². The van der Waals surface area contributed by atoms with Gasteiger partial charge in [-0.05, 0) is 0 Å². The van der Waals surface area contributed by atoms with E-state index < -0.39 is 36.4 Å². The van der Waals surface area contributed by atoms with Gasteiger partial charge in [0.25, 0.3) is 5.56 Å². The Morgan fingerprint density at radius 1 is 1.62 bits per heavy atom. The van der Waals surface area contributed by atoms with E-state index in [2.05, 4.69) is 4.98 Å². The molecule has 0 radical (unpaired) electrons. The van der Waals surface area contributed by atoms with Crippen molar-refractivity contribution in [2.75, 3.05) is 6.61 Å². The minimum Gasteiger partial charge on any atom is -0.394 e. The minimum atomic E-state index is -1.31. The fourth-order valence-electron chi connectivity index (χ4n) is 1.68. The number of aromatic amines is 1. The molecule has 0 spiro atoms. The minimum absolute atomic E-state index is 0.0167. The average molecular weight is 230 g/mol. The summed E-state index contributed by atoms with van der Waals surface area (Å²) < 4.78 is 19.5. The van der Waals surface area contributed by atoms with Crippen LogP contribution >= 0.6 is 0 Å². The predicted molar refractivity (Wildman–Crippen MR) is 51.8 cm³/mol. The van der Waals surface area contributed by atoms with Crippen molar-refractivity contribution in [3.8, 4) is 0 Å². The van der Waals surface area contributed by atoms with Gasteiger partial charge in [-0.25, -0.2) is 9.18 Å². The van der Waals surface area contributed by atoms with Gasteiger partial charge in [0.05, 0.1) is 6.61 Å².